The third-order valence-corrected chi connectivity index (χ3v) is 8.01. The molecule has 15 heteroatoms. The molecule has 0 aromatic rings. The van der Waals surface area contributed by atoms with Crippen LogP contribution in [0.1, 0.15) is 78.1 Å². The van der Waals surface area contributed by atoms with Crippen molar-refractivity contribution in [2.75, 3.05) is 26.2 Å². The van der Waals surface area contributed by atoms with Gasteiger partial charge in [-0.05, 0) is 84.7 Å². The second kappa shape index (κ2) is 17.7. The first-order chi connectivity index (χ1) is 20.4. The molecule has 244 valence electrons. The molecule has 2 saturated heterocycles. The lowest BCUT2D eigenvalue weighted by Crippen LogP contribution is -2.58. The number of hydrogen-bond donors (Lipinski definition) is 7. The van der Waals surface area contributed by atoms with Crippen LogP contribution in [0, 0.1) is 0 Å². The van der Waals surface area contributed by atoms with Gasteiger partial charge in [-0.1, -0.05) is 6.42 Å². The lowest BCUT2D eigenvalue weighted by atomic mass is 10.1. The number of carboxylic acid groups (broad SMARTS) is 1. The second-order valence-corrected chi connectivity index (χ2v) is 11.4. The first-order valence-electron chi connectivity index (χ1n) is 15.3. The van der Waals surface area contributed by atoms with Crippen LogP contribution in [0.15, 0.2) is 0 Å². The van der Waals surface area contributed by atoms with Crippen molar-refractivity contribution in [1.82, 2.24) is 25.8 Å². The number of carbonyl (C=O) groups excluding carboxylic acids is 5. The molecule has 2 rings (SSSR count). The van der Waals surface area contributed by atoms with Crippen LogP contribution in [0.25, 0.3) is 0 Å². The van der Waals surface area contributed by atoms with Gasteiger partial charge >= 0.3 is 5.97 Å². The number of aliphatic carboxylic acids is 1. The summed E-state index contributed by atoms with van der Waals surface area (Å²) in [5, 5.41) is 17.4. The number of nitrogens with one attached hydrogen (secondary N) is 3. The number of carbonyl (C=O) groups is 6. The van der Waals surface area contributed by atoms with Crippen molar-refractivity contribution in [3.8, 4) is 0 Å². The Balaban J connectivity index is 1.98. The van der Waals surface area contributed by atoms with Crippen molar-refractivity contribution in [1.29, 1.82) is 0 Å². The highest BCUT2D eigenvalue weighted by molar-refractivity contribution is 5.96. The minimum absolute atomic E-state index is 0.274. The number of nitrogens with two attached hydrogens (primary N) is 3. The van der Waals surface area contributed by atoms with Crippen molar-refractivity contribution in [2.24, 2.45) is 17.2 Å². The number of rotatable bonds is 17. The van der Waals surface area contributed by atoms with E-state index in [0.717, 1.165) is 6.42 Å². The lowest BCUT2D eigenvalue weighted by molar-refractivity contribution is -0.149. The summed E-state index contributed by atoms with van der Waals surface area (Å²) < 4.78 is 0. The van der Waals surface area contributed by atoms with Gasteiger partial charge in [-0.3, -0.25) is 24.0 Å². The summed E-state index contributed by atoms with van der Waals surface area (Å²) in [6.45, 7) is 4.52. The maximum absolute atomic E-state index is 13.3. The fourth-order valence-electron chi connectivity index (χ4n) is 5.48. The number of nitrogens with zero attached hydrogens (tertiary/aromatic N) is 2. The van der Waals surface area contributed by atoms with E-state index >= 15 is 0 Å². The quantitative estimate of drug-likeness (QED) is 0.0905. The van der Waals surface area contributed by atoms with Gasteiger partial charge in [0.1, 0.15) is 30.2 Å². The van der Waals surface area contributed by atoms with E-state index in [9.17, 15) is 33.9 Å². The summed E-state index contributed by atoms with van der Waals surface area (Å²) in [7, 11) is 0. The molecule has 0 radical (unpaired) electrons. The Labute approximate surface area is 253 Å². The Morgan fingerprint density at radius 2 is 1.30 bits per heavy atom. The monoisotopic (exact) mass is 610 g/mol. The molecule has 6 atom stereocenters. The zero-order chi connectivity index (χ0) is 32.1. The molecule has 10 N–H and O–H groups in total. The minimum Gasteiger partial charge on any atom is -0.480 e. The number of hydrogen-bond acceptors (Lipinski definition) is 9. The van der Waals surface area contributed by atoms with Crippen LogP contribution >= 0.6 is 0 Å². The van der Waals surface area contributed by atoms with Crippen molar-refractivity contribution in [2.45, 2.75) is 114 Å². The van der Waals surface area contributed by atoms with Crippen molar-refractivity contribution < 1.29 is 33.9 Å². The first kappa shape index (κ1) is 35.9. The highest BCUT2D eigenvalue weighted by Gasteiger charge is 2.39. The van der Waals surface area contributed by atoms with Gasteiger partial charge in [0, 0.05) is 13.1 Å². The summed E-state index contributed by atoms with van der Waals surface area (Å²) in [4.78, 5) is 79.4. The van der Waals surface area contributed by atoms with Gasteiger partial charge in [0.15, 0.2) is 0 Å². The summed E-state index contributed by atoms with van der Waals surface area (Å²) in [6.07, 6.45) is 5.18. The normalized spacial score (nSPS) is 21.0. The molecule has 0 aromatic heterocycles. The highest BCUT2D eigenvalue weighted by atomic mass is 16.4. The molecular formula is C28H50N8O7. The van der Waals surface area contributed by atoms with Gasteiger partial charge in [0.25, 0.3) is 0 Å². The molecule has 0 saturated carbocycles. The van der Waals surface area contributed by atoms with Crippen LogP contribution in [-0.4, -0.2) is 113 Å². The average molecular weight is 611 g/mol. The van der Waals surface area contributed by atoms with E-state index in [-0.39, 0.29) is 13.0 Å². The van der Waals surface area contributed by atoms with Crippen LogP contribution in [0.4, 0.5) is 0 Å². The van der Waals surface area contributed by atoms with Crippen molar-refractivity contribution in [3.63, 3.8) is 0 Å². The summed E-state index contributed by atoms with van der Waals surface area (Å²) in [5.74, 6) is -3.58. The minimum atomic E-state index is -1.09. The number of amides is 5. The van der Waals surface area contributed by atoms with E-state index < -0.39 is 71.8 Å². The maximum atomic E-state index is 13.3. The fourth-order valence-corrected chi connectivity index (χ4v) is 5.48. The fraction of sp³-hybridized carbons (Fsp3) is 0.786. The molecule has 0 bridgehead atoms. The smallest absolute Gasteiger partial charge is 0.326 e. The van der Waals surface area contributed by atoms with E-state index in [0.29, 0.717) is 71.0 Å². The van der Waals surface area contributed by atoms with Crippen LogP contribution in [-0.2, 0) is 28.8 Å². The van der Waals surface area contributed by atoms with Crippen LogP contribution in [0.5, 0.6) is 0 Å². The highest BCUT2D eigenvalue weighted by Crippen LogP contribution is 2.21. The molecule has 0 aromatic carbocycles. The predicted molar refractivity (Wildman–Crippen MR) is 158 cm³/mol. The van der Waals surface area contributed by atoms with E-state index in [2.05, 4.69) is 16.0 Å². The Morgan fingerprint density at radius 3 is 1.88 bits per heavy atom. The number of likely N-dealkylation sites (tertiary alicyclic amines) is 2. The van der Waals surface area contributed by atoms with E-state index in [4.69, 9.17) is 17.2 Å². The van der Waals surface area contributed by atoms with Crippen molar-refractivity contribution >= 4 is 35.5 Å². The summed E-state index contributed by atoms with van der Waals surface area (Å²) >= 11 is 0. The zero-order valence-electron chi connectivity index (χ0n) is 25.4. The van der Waals surface area contributed by atoms with Gasteiger partial charge < -0.3 is 48.1 Å². The molecule has 43 heavy (non-hydrogen) atoms. The zero-order valence-corrected chi connectivity index (χ0v) is 25.4. The Hall–Kier alpha value is -3.30. The maximum Gasteiger partial charge on any atom is 0.326 e. The molecule has 2 aliphatic rings. The second-order valence-electron chi connectivity index (χ2n) is 11.4. The third kappa shape index (κ3) is 10.4. The van der Waals surface area contributed by atoms with E-state index in [1.165, 1.54) is 23.6 Å². The van der Waals surface area contributed by atoms with Crippen LogP contribution in [0.2, 0.25) is 0 Å². The summed E-state index contributed by atoms with van der Waals surface area (Å²) in [6, 6.07) is -5.44. The van der Waals surface area contributed by atoms with E-state index in [1.54, 1.807) is 0 Å². The molecule has 5 amide bonds. The third-order valence-electron chi connectivity index (χ3n) is 8.01. The summed E-state index contributed by atoms with van der Waals surface area (Å²) in [5.41, 5.74) is 17.0. The standard InChI is InChI=1S/C28H50N8O7/c1-17(23(37)34-20(10-4-6-14-30)27(41)36-16-8-12-22(36)28(42)43)32-25(39)21-11-7-15-35(21)26(40)18(2)33-24(38)19(31)9-3-5-13-29/h17-22H,3-16,29-31H2,1-2H3,(H,32,39)(H,33,38)(H,34,37)(H,42,43)/t17-,18-,19-,20-,21-,22-/m0/s1. The van der Waals surface area contributed by atoms with Gasteiger partial charge in [-0.15, -0.1) is 0 Å². The van der Waals surface area contributed by atoms with Gasteiger partial charge in [0.2, 0.25) is 29.5 Å². The molecule has 0 aliphatic carbocycles. The lowest BCUT2D eigenvalue weighted by Gasteiger charge is -2.30. The van der Waals surface area contributed by atoms with E-state index in [1.807, 2.05) is 0 Å². The molecule has 2 aliphatic heterocycles. The molecule has 2 heterocycles. The number of unbranched alkanes of at least 4 members (excludes halogenated alkanes) is 2. The van der Waals surface area contributed by atoms with Crippen LogP contribution < -0.4 is 33.2 Å². The van der Waals surface area contributed by atoms with Gasteiger partial charge in [-0.25, -0.2) is 4.79 Å². The van der Waals surface area contributed by atoms with Crippen molar-refractivity contribution in [3.05, 3.63) is 0 Å². The SMILES string of the molecule is C[C@H](NC(=O)[C@@H]1CCCN1C(=O)[C@H](C)NC(=O)[C@@H](N)CCCCN)C(=O)N[C@@H](CCCCN)C(=O)N1CCC[C@H]1C(=O)O. The Morgan fingerprint density at radius 1 is 0.744 bits per heavy atom. The molecule has 0 spiro atoms. The largest absolute Gasteiger partial charge is 0.480 e. The molecule has 15 nitrogen and oxygen atoms in total. The average Bonchev–Trinajstić information content (AvgIpc) is 3.66. The van der Waals surface area contributed by atoms with Gasteiger partial charge in [0.05, 0.1) is 6.04 Å². The first-order valence-corrected chi connectivity index (χ1v) is 15.3. The molecule has 0 unspecified atom stereocenters. The predicted octanol–water partition coefficient (Wildman–Crippen LogP) is -1.87. The Kier molecular flexibility index (Phi) is 14.8. The molecular weight excluding hydrogens is 560 g/mol. The Bertz CT molecular complexity index is 996. The van der Waals surface area contributed by atoms with Crippen LogP contribution in [0.3, 0.4) is 0 Å². The number of carboxylic acids is 1. The van der Waals surface area contributed by atoms with Gasteiger partial charge in [-0.2, -0.15) is 0 Å². The molecule has 2 fully saturated rings. The topological polar surface area (TPSA) is 243 Å².